The maximum Gasteiger partial charge on any atom is 0.407 e. The van der Waals surface area contributed by atoms with Crippen LogP contribution in [0.15, 0.2) is 29.2 Å². The van der Waals surface area contributed by atoms with E-state index in [1.165, 1.54) is 16.7 Å². The van der Waals surface area contributed by atoms with E-state index in [9.17, 15) is 9.59 Å². The molecule has 8 heteroatoms. The summed E-state index contributed by atoms with van der Waals surface area (Å²) in [5.41, 5.74) is 0.319. The predicted molar refractivity (Wildman–Crippen MR) is 127 cm³/mol. The van der Waals surface area contributed by atoms with Gasteiger partial charge in [-0.05, 0) is 57.6 Å². The van der Waals surface area contributed by atoms with Gasteiger partial charge in [0.1, 0.15) is 12.2 Å². The van der Waals surface area contributed by atoms with Crippen LogP contribution < -0.4 is 15.6 Å². The van der Waals surface area contributed by atoms with E-state index in [0.717, 1.165) is 0 Å². The molecule has 0 saturated carbocycles. The summed E-state index contributed by atoms with van der Waals surface area (Å²) in [4.78, 5) is 29.3. The second-order valence-corrected chi connectivity index (χ2v) is 9.77. The maximum atomic E-state index is 15.0. The van der Waals surface area contributed by atoms with Gasteiger partial charge in [0.15, 0.2) is 11.6 Å². The lowest BCUT2D eigenvalue weighted by atomic mass is 10.0. The third-order valence-electron chi connectivity index (χ3n) is 5.28. The molecule has 0 saturated heterocycles. The number of carbonyl (C=O) groups excluding carboxylic acids is 1. The number of aryl methyl sites for hydroxylation is 2. The molecule has 0 fully saturated rings. The minimum Gasteiger partial charge on any atom is -0.488 e. The zero-order chi connectivity index (χ0) is 24.5. The van der Waals surface area contributed by atoms with Crippen LogP contribution in [0, 0.1) is 18.7 Å². The van der Waals surface area contributed by atoms with E-state index in [2.05, 4.69) is 10.3 Å². The van der Waals surface area contributed by atoms with Crippen LogP contribution in [-0.4, -0.2) is 33.9 Å². The van der Waals surface area contributed by atoms with Crippen LogP contribution in [0.4, 0.5) is 9.18 Å². The Bertz CT molecular complexity index is 1240. The Labute approximate surface area is 192 Å². The summed E-state index contributed by atoms with van der Waals surface area (Å²) in [5, 5.41) is 4.54. The van der Waals surface area contributed by atoms with Crippen LogP contribution >= 0.6 is 0 Å². The standard InChI is InChI=1S/C25H32FN3O4/c1-14(2)10-16(28-24(31)33-25(4,5)6)13-32-21-12-20-18(11-19(21)26)17-8-9-27-15(3)22(17)23(30)29(20)7/h8-9,11-12,14,16H,10,13H2,1-7H3,(H,28,31). The van der Waals surface area contributed by atoms with Crippen LogP contribution in [0.25, 0.3) is 21.7 Å². The zero-order valence-corrected chi connectivity index (χ0v) is 20.3. The van der Waals surface area contributed by atoms with Crippen molar-refractivity contribution in [2.75, 3.05) is 6.61 Å². The molecule has 1 atom stereocenters. The minimum atomic E-state index is -0.626. The van der Waals surface area contributed by atoms with Gasteiger partial charge in [0.2, 0.25) is 0 Å². The molecule has 3 rings (SSSR count). The quantitative estimate of drug-likeness (QED) is 0.535. The fraction of sp³-hybridized carbons (Fsp3) is 0.480. The van der Waals surface area contributed by atoms with Gasteiger partial charge in [0.25, 0.3) is 5.56 Å². The summed E-state index contributed by atoms with van der Waals surface area (Å²) in [7, 11) is 1.64. The van der Waals surface area contributed by atoms with Gasteiger partial charge in [0.05, 0.1) is 22.6 Å². The van der Waals surface area contributed by atoms with Gasteiger partial charge >= 0.3 is 6.09 Å². The Morgan fingerprint density at radius 1 is 1.24 bits per heavy atom. The highest BCUT2D eigenvalue weighted by atomic mass is 19.1. The third kappa shape index (κ3) is 5.61. The number of nitrogens with zero attached hydrogens (tertiary/aromatic N) is 2. The van der Waals surface area contributed by atoms with Crippen molar-refractivity contribution in [3.63, 3.8) is 0 Å². The third-order valence-corrected chi connectivity index (χ3v) is 5.28. The molecule has 0 spiro atoms. The summed E-state index contributed by atoms with van der Waals surface area (Å²) in [6.45, 7) is 11.2. The number of hydrogen-bond donors (Lipinski definition) is 1. The Morgan fingerprint density at radius 3 is 2.58 bits per heavy atom. The number of carbonyl (C=O) groups is 1. The molecule has 0 aliphatic carbocycles. The van der Waals surface area contributed by atoms with E-state index in [4.69, 9.17) is 9.47 Å². The van der Waals surface area contributed by atoms with Gasteiger partial charge in [0, 0.05) is 24.7 Å². The first-order valence-electron chi connectivity index (χ1n) is 11.1. The van der Waals surface area contributed by atoms with Gasteiger partial charge in [-0.2, -0.15) is 0 Å². The van der Waals surface area contributed by atoms with E-state index in [1.54, 1.807) is 47.0 Å². The van der Waals surface area contributed by atoms with Crippen LogP contribution in [0.1, 0.15) is 46.7 Å². The van der Waals surface area contributed by atoms with E-state index in [0.29, 0.717) is 33.8 Å². The van der Waals surface area contributed by atoms with Gasteiger partial charge in [-0.1, -0.05) is 13.8 Å². The lowest BCUT2D eigenvalue weighted by Gasteiger charge is -2.25. The second-order valence-electron chi connectivity index (χ2n) is 9.77. The predicted octanol–water partition coefficient (Wildman–Crippen LogP) is 4.85. The van der Waals surface area contributed by atoms with Crippen molar-refractivity contribution >= 4 is 27.8 Å². The number of fused-ring (bicyclic) bond motifs is 3. The molecule has 178 valence electrons. The molecule has 1 N–H and O–H groups in total. The van der Waals surface area contributed by atoms with Crippen molar-refractivity contribution in [3.8, 4) is 5.75 Å². The monoisotopic (exact) mass is 457 g/mol. The molecular formula is C25H32FN3O4. The van der Waals surface area contributed by atoms with Crippen molar-refractivity contribution in [1.29, 1.82) is 0 Å². The van der Waals surface area contributed by atoms with E-state index >= 15 is 4.39 Å². The first kappa shape index (κ1) is 24.5. The molecule has 33 heavy (non-hydrogen) atoms. The van der Waals surface area contributed by atoms with Crippen LogP contribution in [0.2, 0.25) is 0 Å². The van der Waals surface area contributed by atoms with E-state index in [-0.39, 0.29) is 29.9 Å². The van der Waals surface area contributed by atoms with Crippen molar-refractivity contribution in [1.82, 2.24) is 14.9 Å². The number of pyridine rings is 2. The average molecular weight is 458 g/mol. The summed E-state index contributed by atoms with van der Waals surface area (Å²) in [6.07, 6.45) is 1.69. The first-order chi connectivity index (χ1) is 15.4. The largest absolute Gasteiger partial charge is 0.488 e. The molecule has 2 heterocycles. The van der Waals surface area contributed by atoms with Gasteiger partial charge in [-0.3, -0.25) is 9.78 Å². The SMILES string of the molecule is Cc1nccc2c1c(=O)n(C)c1cc(OCC(CC(C)C)NC(=O)OC(C)(C)C)c(F)cc21. The zero-order valence-electron chi connectivity index (χ0n) is 20.3. The summed E-state index contributed by atoms with van der Waals surface area (Å²) in [6, 6.07) is 4.26. The van der Waals surface area contributed by atoms with Crippen LogP contribution in [-0.2, 0) is 11.8 Å². The Kier molecular flexibility index (Phi) is 6.95. The summed E-state index contributed by atoms with van der Waals surface area (Å²) in [5.74, 6) is -0.251. The number of ether oxygens (including phenoxy) is 2. The fourth-order valence-corrected chi connectivity index (χ4v) is 3.89. The number of alkyl carbamates (subject to hydrolysis) is 1. The molecule has 1 aromatic carbocycles. The molecule has 0 radical (unpaired) electrons. The van der Waals surface area contributed by atoms with Crippen LogP contribution in [0.3, 0.4) is 0 Å². The van der Waals surface area contributed by atoms with Crippen molar-refractivity contribution in [2.45, 2.75) is 59.6 Å². The highest BCUT2D eigenvalue weighted by Gasteiger charge is 2.22. The van der Waals surface area contributed by atoms with Gasteiger partial charge in [-0.25, -0.2) is 9.18 Å². The smallest absolute Gasteiger partial charge is 0.407 e. The molecule has 1 amide bonds. The number of halogens is 1. The molecule has 2 aromatic heterocycles. The summed E-state index contributed by atoms with van der Waals surface area (Å²) >= 11 is 0. The molecule has 0 bridgehead atoms. The first-order valence-corrected chi connectivity index (χ1v) is 11.1. The van der Waals surface area contributed by atoms with E-state index < -0.39 is 17.5 Å². The van der Waals surface area contributed by atoms with Gasteiger partial charge < -0.3 is 19.4 Å². The summed E-state index contributed by atoms with van der Waals surface area (Å²) < 4.78 is 27.6. The Morgan fingerprint density at radius 2 is 1.94 bits per heavy atom. The molecule has 0 aliphatic rings. The number of hydrogen-bond acceptors (Lipinski definition) is 5. The maximum absolute atomic E-state index is 15.0. The number of benzene rings is 1. The normalized spacial score (nSPS) is 12.9. The Balaban J connectivity index is 1.92. The second kappa shape index (κ2) is 9.37. The number of rotatable bonds is 6. The molecule has 1 unspecified atom stereocenters. The average Bonchev–Trinajstić information content (AvgIpc) is 2.68. The molecule has 3 aromatic rings. The molecule has 0 aliphatic heterocycles. The highest BCUT2D eigenvalue weighted by Crippen LogP contribution is 2.29. The lowest BCUT2D eigenvalue weighted by molar-refractivity contribution is 0.0479. The van der Waals surface area contributed by atoms with Crippen molar-refractivity contribution < 1.29 is 18.7 Å². The number of aromatic nitrogens is 2. The number of nitrogens with one attached hydrogen (secondary N) is 1. The van der Waals surface area contributed by atoms with Crippen molar-refractivity contribution in [2.24, 2.45) is 13.0 Å². The lowest BCUT2D eigenvalue weighted by Crippen LogP contribution is -2.42. The molecular weight excluding hydrogens is 425 g/mol. The number of amides is 1. The minimum absolute atomic E-state index is 0.0161. The Hall–Kier alpha value is -3.16. The van der Waals surface area contributed by atoms with Crippen LogP contribution in [0.5, 0.6) is 5.75 Å². The van der Waals surface area contributed by atoms with Crippen molar-refractivity contribution in [3.05, 3.63) is 46.3 Å². The van der Waals surface area contributed by atoms with E-state index in [1.807, 2.05) is 13.8 Å². The highest BCUT2D eigenvalue weighted by molar-refractivity contribution is 6.06. The molecule has 7 nitrogen and oxygen atoms in total. The van der Waals surface area contributed by atoms with Gasteiger partial charge in [-0.15, -0.1) is 0 Å². The fourth-order valence-electron chi connectivity index (χ4n) is 3.89. The topological polar surface area (TPSA) is 82.5 Å².